The number of carbonyl (C=O) groups is 2. The van der Waals surface area contributed by atoms with Gasteiger partial charge in [0.1, 0.15) is 17.2 Å². The highest BCUT2D eigenvalue weighted by atomic mass is 19.1. The summed E-state index contributed by atoms with van der Waals surface area (Å²) in [4.78, 5) is 25.6. The molecule has 0 radical (unpaired) electrons. The molecule has 0 saturated carbocycles. The van der Waals surface area contributed by atoms with Crippen molar-refractivity contribution < 1.29 is 31.3 Å². The van der Waals surface area contributed by atoms with E-state index in [0.717, 1.165) is 0 Å². The first-order valence-corrected chi connectivity index (χ1v) is 7.93. The Morgan fingerprint density at radius 1 is 1.23 bits per heavy atom. The van der Waals surface area contributed by atoms with E-state index in [1.54, 1.807) is 20.8 Å². The van der Waals surface area contributed by atoms with Gasteiger partial charge < -0.3 is 14.5 Å². The van der Waals surface area contributed by atoms with Crippen molar-refractivity contribution in [2.75, 3.05) is 27.0 Å². The van der Waals surface area contributed by atoms with Gasteiger partial charge in [-0.15, -0.1) is 0 Å². The Bertz CT molecular complexity index is 901. The molecular formula is C19H24F2N2O3. The zero-order chi connectivity index (χ0) is 24.6. The normalized spacial score (nSPS) is 19.1. The average Bonchev–Trinajstić information content (AvgIpc) is 2.57. The van der Waals surface area contributed by atoms with Crippen LogP contribution < -0.4 is 0 Å². The largest absolute Gasteiger partial charge is 0.444 e. The van der Waals surface area contributed by atoms with E-state index in [1.165, 1.54) is 11.0 Å². The van der Waals surface area contributed by atoms with Crippen LogP contribution in [0.1, 0.15) is 51.3 Å². The van der Waals surface area contributed by atoms with Gasteiger partial charge in [-0.1, -0.05) is 6.08 Å². The smallest absolute Gasteiger partial charge is 0.410 e. The summed E-state index contributed by atoms with van der Waals surface area (Å²) in [6.07, 6.45) is 0.995. The number of carbonyl (C=O) groups excluding carboxylic acids is 2. The van der Waals surface area contributed by atoms with E-state index in [-0.39, 0.29) is 30.0 Å². The van der Waals surface area contributed by atoms with Crippen LogP contribution >= 0.6 is 0 Å². The van der Waals surface area contributed by atoms with Gasteiger partial charge in [0.15, 0.2) is 0 Å². The molecule has 2 rings (SSSR count). The Morgan fingerprint density at radius 2 is 1.85 bits per heavy atom. The summed E-state index contributed by atoms with van der Waals surface area (Å²) in [6.45, 7) is -1.35. The number of hydrogen-bond acceptors (Lipinski definition) is 3. The first-order valence-electron chi connectivity index (χ1n) is 10.9. The summed E-state index contributed by atoms with van der Waals surface area (Å²) in [5.41, 5.74) is -1.62. The van der Waals surface area contributed by atoms with Crippen LogP contribution in [0.3, 0.4) is 0 Å². The van der Waals surface area contributed by atoms with E-state index in [0.29, 0.717) is 12.1 Å². The van der Waals surface area contributed by atoms with Gasteiger partial charge in [-0.05, 0) is 44.9 Å². The van der Waals surface area contributed by atoms with Gasteiger partial charge in [-0.2, -0.15) is 0 Å². The van der Waals surface area contributed by atoms with E-state index in [1.807, 2.05) is 0 Å². The molecule has 142 valence electrons. The number of nitrogens with zero attached hydrogens (tertiary/aromatic N) is 2. The minimum atomic E-state index is -3.34. The second kappa shape index (κ2) is 7.43. The van der Waals surface area contributed by atoms with Gasteiger partial charge >= 0.3 is 6.09 Å². The Balaban J connectivity index is 2.31. The van der Waals surface area contributed by atoms with Crippen molar-refractivity contribution in [2.45, 2.75) is 32.8 Å². The van der Waals surface area contributed by atoms with Crippen molar-refractivity contribution in [2.24, 2.45) is 0 Å². The van der Waals surface area contributed by atoms with E-state index in [9.17, 15) is 18.4 Å². The summed E-state index contributed by atoms with van der Waals surface area (Å²) in [7, 11) is 0. The summed E-state index contributed by atoms with van der Waals surface area (Å²) in [6, 6.07) is 1.21. The molecule has 2 amide bonds. The number of rotatable bonds is 2. The summed E-state index contributed by atoms with van der Waals surface area (Å²) >= 11 is 0. The first-order chi connectivity index (χ1) is 14.4. The highest BCUT2D eigenvalue weighted by molar-refractivity contribution is 5.94. The van der Waals surface area contributed by atoms with Crippen LogP contribution in [0.5, 0.6) is 0 Å². The van der Waals surface area contributed by atoms with E-state index >= 15 is 0 Å². The quantitative estimate of drug-likeness (QED) is 0.796. The Hall–Kier alpha value is -2.44. The van der Waals surface area contributed by atoms with Gasteiger partial charge in [0, 0.05) is 46.4 Å². The number of amides is 2. The first kappa shape index (κ1) is 12.8. The maximum Gasteiger partial charge on any atom is 0.410 e. The third-order valence-electron chi connectivity index (χ3n) is 3.67. The van der Waals surface area contributed by atoms with Crippen LogP contribution in [0.2, 0.25) is 0 Å². The molecule has 0 atom stereocenters. The van der Waals surface area contributed by atoms with Crippen molar-refractivity contribution in [3.63, 3.8) is 0 Å². The molecule has 0 unspecified atom stereocenters. The van der Waals surface area contributed by atoms with Crippen LogP contribution in [0.4, 0.5) is 13.6 Å². The van der Waals surface area contributed by atoms with Crippen LogP contribution in [0.25, 0.3) is 5.57 Å². The van der Waals surface area contributed by atoms with Gasteiger partial charge in [-0.3, -0.25) is 4.79 Å². The molecule has 0 N–H and O–H groups in total. The molecule has 0 aliphatic carbocycles. The molecule has 5 nitrogen and oxygen atoms in total. The molecule has 0 saturated heterocycles. The minimum Gasteiger partial charge on any atom is -0.444 e. The van der Waals surface area contributed by atoms with Gasteiger partial charge in [0.05, 0.1) is 0 Å². The fraction of sp³-hybridized carbons (Fsp3) is 0.474. The molecule has 1 aliphatic rings. The number of halogens is 2. The Morgan fingerprint density at radius 3 is 2.31 bits per heavy atom. The highest BCUT2D eigenvalue weighted by Gasteiger charge is 2.26. The predicted molar refractivity (Wildman–Crippen MR) is 94.8 cm³/mol. The minimum absolute atomic E-state index is 0.0513. The molecule has 1 aromatic carbocycles. The third kappa shape index (κ3) is 4.59. The Labute approximate surface area is 160 Å². The lowest BCUT2D eigenvalue weighted by atomic mass is 9.97. The van der Waals surface area contributed by atoms with E-state index in [4.69, 9.17) is 13.0 Å². The van der Waals surface area contributed by atoms with Gasteiger partial charge in [0.25, 0.3) is 5.91 Å². The zero-order valence-corrected chi connectivity index (χ0v) is 14.7. The lowest BCUT2D eigenvalue weighted by Crippen LogP contribution is -2.39. The third-order valence-corrected chi connectivity index (χ3v) is 3.67. The van der Waals surface area contributed by atoms with Crippen LogP contribution in [0.15, 0.2) is 18.2 Å². The topological polar surface area (TPSA) is 49.9 Å². The van der Waals surface area contributed by atoms with E-state index in [2.05, 4.69) is 0 Å². The summed E-state index contributed by atoms with van der Waals surface area (Å²) in [5, 5.41) is 0. The molecule has 0 fully saturated rings. The number of benzene rings is 1. The monoisotopic (exact) mass is 372 g/mol. The van der Waals surface area contributed by atoms with Crippen molar-refractivity contribution >= 4 is 17.6 Å². The number of hydrogen-bond donors (Lipinski definition) is 0. The average molecular weight is 372 g/mol. The Kier molecular flexibility index (Phi) is 3.67. The number of ether oxygens (including phenoxy) is 1. The van der Waals surface area contributed by atoms with E-state index < -0.39 is 54.3 Å². The van der Waals surface area contributed by atoms with Crippen molar-refractivity contribution in [3.8, 4) is 0 Å². The molecule has 7 heteroatoms. The molecule has 0 bridgehead atoms. The molecular weight excluding hydrogens is 342 g/mol. The molecule has 0 aromatic heterocycles. The molecule has 1 aliphatic heterocycles. The predicted octanol–water partition coefficient (Wildman–Crippen LogP) is 3.69. The van der Waals surface area contributed by atoms with Crippen LogP contribution in [-0.4, -0.2) is 54.4 Å². The van der Waals surface area contributed by atoms with Crippen molar-refractivity contribution in [1.29, 1.82) is 0 Å². The maximum atomic E-state index is 14.8. The maximum absolute atomic E-state index is 14.8. The van der Waals surface area contributed by atoms with Gasteiger partial charge in [0.2, 0.25) is 0 Å². The summed E-state index contributed by atoms with van der Waals surface area (Å²) < 4.78 is 78.5. The fourth-order valence-electron chi connectivity index (χ4n) is 2.52. The lowest BCUT2D eigenvalue weighted by molar-refractivity contribution is 0.0270. The van der Waals surface area contributed by atoms with Crippen LogP contribution in [-0.2, 0) is 4.74 Å². The highest BCUT2D eigenvalue weighted by Crippen LogP contribution is 2.29. The molecule has 1 heterocycles. The summed E-state index contributed by atoms with van der Waals surface area (Å²) in [5.74, 6) is -3.86. The second-order valence-electron chi connectivity index (χ2n) is 6.86. The fourth-order valence-corrected chi connectivity index (χ4v) is 2.52. The van der Waals surface area contributed by atoms with Crippen molar-refractivity contribution in [3.05, 3.63) is 41.0 Å². The lowest BCUT2D eigenvalue weighted by Gasteiger charge is -2.29. The molecule has 26 heavy (non-hydrogen) atoms. The molecule has 1 aromatic rings. The molecule has 0 spiro atoms. The van der Waals surface area contributed by atoms with Gasteiger partial charge in [-0.25, -0.2) is 13.6 Å². The SMILES string of the molecule is [2H]C([2H])([2H])N(C(=O)c1cc(F)c(C2=CCN(C(=O)OC(C)(C)C)CC2)c(F)c1)C([2H])([2H])[2H]. The van der Waals surface area contributed by atoms with Crippen molar-refractivity contribution in [1.82, 2.24) is 9.80 Å². The second-order valence-corrected chi connectivity index (χ2v) is 6.86. The zero-order valence-electron chi connectivity index (χ0n) is 20.7. The van der Waals surface area contributed by atoms with Crippen LogP contribution in [0, 0.1) is 11.6 Å². The standard InChI is InChI=1S/C19H24F2N2O3/c1-19(2,3)26-18(25)23-8-6-12(7-9-23)16-14(20)10-13(11-15(16)21)17(24)22(4)5/h6,10-11H,7-9H2,1-5H3/i4D3,5D3.